The molecule has 0 saturated carbocycles. The lowest BCUT2D eigenvalue weighted by molar-refractivity contribution is -0.126. The smallest absolute Gasteiger partial charge is 0.245 e. The summed E-state index contributed by atoms with van der Waals surface area (Å²) in [5.41, 5.74) is 8.04. The topological polar surface area (TPSA) is 127 Å². The van der Waals surface area contributed by atoms with Gasteiger partial charge in [0, 0.05) is 75.2 Å². The predicted octanol–water partition coefficient (Wildman–Crippen LogP) is 5.06. The van der Waals surface area contributed by atoms with E-state index in [1.807, 2.05) is 6.07 Å². The van der Waals surface area contributed by atoms with Crippen LogP contribution in [0.5, 0.6) is 17.2 Å². The summed E-state index contributed by atoms with van der Waals surface area (Å²) >= 11 is 0. The normalized spacial score (nSPS) is 15.8. The van der Waals surface area contributed by atoms with Crippen molar-refractivity contribution in [1.82, 2.24) is 9.88 Å². The van der Waals surface area contributed by atoms with Gasteiger partial charge in [-0.3, -0.25) is 9.79 Å². The summed E-state index contributed by atoms with van der Waals surface area (Å²) in [7, 11) is 3.26. The van der Waals surface area contributed by atoms with Crippen molar-refractivity contribution in [1.29, 1.82) is 0 Å². The van der Waals surface area contributed by atoms with E-state index in [9.17, 15) is 4.79 Å². The van der Waals surface area contributed by atoms with E-state index in [2.05, 4.69) is 38.5 Å². The molecule has 0 radical (unpaired) electrons. The lowest BCUT2D eigenvalue weighted by atomic mass is 10.0. The number of hydrogen-bond acceptors (Lipinski definition) is 9. The number of nitrogens with two attached hydrogens (primary N) is 1. The van der Waals surface area contributed by atoms with Gasteiger partial charge in [-0.15, -0.1) is 0 Å². The summed E-state index contributed by atoms with van der Waals surface area (Å²) in [4.78, 5) is 28.8. The number of hydrogen-bond donors (Lipinski definition) is 2. The second-order valence-electron chi connectivity index (χ2n) is 11.0. The molecule has 2 saturated heterocycles. The van der Waals surface area contributed by atoms with Crippen molar-refractivity contribution in [3.63, 3.8) is 0 Å². The monoisotopic (exact) mass is 615 g/mol. The summed E-state index contributed by atoms with van der Waals surface area (Å²) in [5.74, 6) is 2.07. The number of pyridine rings is 1. The van der Waals surface area contributed by atoms with Crippen LogP contribution in [-0.4, -0.2) is 81.4 Å². The number of carbonyl (C=O) groups is 1. The second-order valence-corrected chi connectivity index (χ2v) is 11.0. The van der Waals surface area contributed by atoms with E-state index in [1.54, 1.807) is 49.6 Å². The van der Waals surface area contributed by atoms with E-state index < -0.39 is 5.82 Å². The number of anilines is 2. The van der Waals surface area contributed by atoms with E-state index in [-0.39, 0.29) is 23.5 Å². The molecule has 3 N–H and O–H groups in total. The van der Waals surface area contributed by atoms with Gasteiger partial charge in [-0.1, -0.05) is 6.58 Å². The Morgan fingerprint density at radius 2 is 1.89 bits per heavy atom. The number of carbonyl (C=O) groups excluding carboxylic acids is 1. The first-order valence-electron chi connectivity index (χ1n) is 14.7. The van der Waals surface area contributed by atoms with Gasteiger partial charge in [0.1, 0.15) is 34.6 Å². The Morgan fingerprint density at radius 3 is 2.56 bits per heavy atom. The third kappa shape index (κ3) is 7.40. The summed E-state index contributed by atoms with van der Waals surface area (Å²) in [5, 5.41) is 3.49. The second kappa shape index (κ2) is 14.2. The number of aliphatic imine (C=N–C) groups is 2. The van der Waals surface area contributed by atoms with Crippen molar-refractivity contribution >= 4 is 41.3 Å². The molecule has 0 spiro atoms. The Hall–Kier alpha value is -4.97. The van der Waals surface area contributed by atoms with Crippen molar-refractivity contribution in [3.05, 3.63) is 72.7 Å². The summed E-state index contributed by atoms with van der Waals surface area (Å²) in [6, 6.07) is 11.5. The zero-order valence-electron chi connectivity index (χ0n) is 25.5. The van der Waals surface area contributed by atoms with Crippen LogP contribution in [0.1, 0.15) is 18.4 Å². The molecule has 2 aromatic carbocycles. The van der Waals surface area contributed by atoms with Crippen LogP contribution in [0.25, 0.3) is 0 Å². The average molecular weight is 616 g/mol. The number of nitrogens with zero attached hydrogens (tertiary/aromatic N) is 5. The van der Waals surface area contributed by atoms with Crippen LogP contribution in [0.15, 0.2) is 71.3 Å². The fourth-order valence-corrected chi connectivity index (χ4v) is 5.48. The highest BCUT2D eigenvalue weighted by molar-refractivity contribution is 6.04. The molecule has 2 aliphatic rings. The highest BCUT2D eigenvalue weighted by atomic mass is 19.1. The number of halogens is 1. The number of rotatable bonds is 12. The summed E-state index contributed by atoms with van der Waals surface area (Å²) in [6.07, 6.45) is 4.49. The SMILES string of the molecule is C=CC(=O)N1CCC(Nc2cc(C(N)=Nc3ccc(Oc4ccnc(N5CC(COC)C5)c4)cc3F)c(N=C)cc2OC)CC1. The molecule has 5 rings (SSSR count). The number of ether oxygens (including phenoxy) is 3. The Bertz CT molecular complexity index is 1580. The third-order valence-electron chi connectivity index (χ3n) is 7.90. The largest absolute Gasteiger partial charge is 0.495 e. The molecule has 2 fully saturated rings. The molecule has 1 aromatic heterocycles. The highest BCUT2D eigenvalue weighted by Crippen LogP contribution is 2.36. The van der Waals surface area contributed by atoms with E-state index in [1.165, 1.54) is 18.2 Å². The first-order chi connectivity index (χ1) is 21.8. The lowest BCUT2D eigenvalue weighted by Crippen LogP contribution is -2.49. The van der Waals surface area contributed by atoms with Gasteiger partial charge in [-0.2, -0.15) is 0 Å². The molecule has 12 heteroatoms. The number of nitrogens with one attached hydrogen (secondary N) is 1. The van der Waals surface area contributed by atoms with E-state index in [0.29, 0.717) is 59.8 Å². The number of amidine groups is 1. The fraction of sp³-hybridized carbons (Fsp3) is 0.333. The quantitative estimate of drug-likeness (QED) is 0.165. The predicted molar refractivity (Wildman–Crippen MR) is 174 cm³/mol. The zero-order valence-corrected chi connectivity index (χ0v) is 25.5. The summed E-state index contributed by atoms with van der Waals surface area (Å²) < 4.78 is 32.0. The maximum Gasteiger partial charge on any atom is 0.245 e. The Morgan fingerprint density at radius 1 is 1.13 bits per heavy atom. The molecule has 0 aliphatic carbocycles. The van der Waals surface area contributed by atoms with Crippen molar-refractivity contribution in [2.45, 2.75) is 18.9 Å². The van der Waals surface area contributed by atoms with Crippen molar-refractivity contribution in [2.75, 3.05) is 57.2 Å². The average Bonchev–Trinajstić information content (AvgIpc) is 3.03. The maximum atomic E-state index is 15.2. The first-order valence-corrected chi connectivity index (χ1v) is 14.7. The number of amides is 1. The van der Waals surface area contributed by atoms with Crippen molar-refractivity contribution in [2.24, 2.45) is 21.6 Å². The van der Waals surface area contributed by atoms with Gasteiger partial charge < -0.3 is 35.1 Å². The molecule has 11 nitrogen and oxygen atoms in total. The minimum Gasteiger partial charge on any atom is -0.495 e. The van der Waals surface area contributed by atoms with Gasteiger partial charge in [-0.05, 0) is 49.9 Å². The summed E-state index contributed by atoms with van der Waals surface area (Å²) in [6.45, 7) is 10.9. The first kappa shape index (κ1) is 31.5. The van der Waals surface area contributed by atoms with Crippen molar-refractivity contribution < 1.29 is 23.4 Å². The van der Waals surface area contributed by atoms with E-state index in [4.69, 9.17) is 19.9 Å². The van der Waals surface area contributed by atoms with Gasteiger partial charge in [0.05, 0.1) is 25.1 Å². The molecule has 3 aromatic rings. The third-order valence-corrected chi connectivity index (χ3v) is 7.90. The number of piperidine rings is 1. The molecule has 0 bridgehead atoms. The van der Waals surface area contributed by atoms with Crippen LogP contribution in [0.4, 0.5) is 27.3 Å². The Labute approximate surface area is 262 Å². The number of benzene rings is 2. The molecule has 0 atom stereocenters. The van der Waals surface area contributed by atoms with Crippen LogP contribution in [0.2, 0.25) is 0 Å². The Kier molecular flexibility index (Phi) is 9.93. The molecule has 2 aliphatic heterocycles. The highest BCUT2D eigenvalue weighted by Gasteiger charge is 2.28. The fourth-order valence-electron chi connectivity index (χ4n) is 5.48. The van der Waals surface area contributed by atoms with Crippen LogP contribution in [0, 0.1) is 11.7 Å². The van der Waals surface area contributed by atoms with Crippen molar-refractivity contribution in [3.8, 4) is 17.2 Å². The molecular formula is C33H38FN7O4. The molecule has 45 heavy (non-hydrogen) atoms. The van der Waals surface area contributed by atoms with Gasteiger partial charge in [0.25, 0.3) is 0 Å². The van der Waals surface area contributed by atoms with Crippen LogP contribution in [0.3, 0.4) is 0 Å². The lowest BCUT2D eigenvalue weighted by Gasteiger charge is -2.39. The Balaban J connectivity index is 1.30. The zero-order chi connectivity index (χ0) is 31.9. The molecule has 236 valence electrons. The van der Waals surface area contributed by atoms with E-state index >= 15 is 4.39 Å². The number of aromatic nitrogens is 1. The maximum absolute atomic E-state index is 15.2. The molecule has 1 amide bonds. The molecular weight excluding hydrogens is 577 g/mol. The number of likely N-dealkylation sites (tertiary alicyclic amines) is 1. The molecule has 3 heterocycles. The van der Waals surface area contributed by atoms with Crippen LogP contribution < -0.4 is 25.4 Å². The van der Waals surface area contributed by atoms with Gasteiger partial charge >= 0.3 is 0 Å². The number of methoxy groups -OCH3 is 2. The van der Waals surface area contributed by atoms with Gasteiger partial charge in [0.15, 0.2) is 5.82 Å². The standard InChI is InChI=1S/C33H38FN7O4/c1-5-32(42)40-12-9-22(10-13-40)38-29-16-25(28(36-2)17-30(29)44-4)33(35)39-27-7-6-23(14-26(27)34)45-24-8-11-37-31(15-24)41-18-21(19-41)20-43-3/h5-8,11,14-17,21-22,38H,1-2,9-10,12-13,18-20H2,3-4H3,(H2,35,39). The van der Waals surface area contributed by atoms with Gasteiger partial charge in [0.2, 0.25) is 5.91 Å². The van der Waals surface area contributed by atoms with Crippen LogP contribution in [-0.2, 0) is 9.53 Å². The van der Waals surface area contributed by atoms with Crippen LogP contribution >= 0.6 is 0 Å². The minimum atomic E-state index is -0.601. The van der Waals surface area contributed by atoms with E-state index in [0.717, 1.165) is 31.7 Å². The molecule has 0 unspecified atom stereocenters. The van der Waals surface area contributed by atoms with Gasteiger partial charge in [-0.25, -0.2) is 14.4 Å². The minimum absolute atomic E-state index is 0.0413.